The topological polar surface area (TPSA) is 123 Å². The molecule has 1 atom stereocenters. The number of phenols is 1. The third-order valence-corrected chi connectivity index (χ3v) is 5.95. The molecule has 2 N–H and O–H groups in total. The Kier molecular flexibility index (Phi) is 7.15. The number of ketones is 1. The Hall–Kier alpha value is -4.79. The molecule has 1 aliphatic rings. The standard InChI is InChI=1S/C28H25NO8/c1-4-37-28(34)16-8-10-18(11-9-16)29-24(17-6-5-7-19(30)14-17)23(26(32)27(29)33)25(31)21-13-12-20(35-2)15-22(21)36-3/h5-15,24,30-31H,4H2,1-3H3/b25-23-. The Morgan fingerprint density at radius 3 is 2.32 bits per heavy atom. The number of Topliss-reactive ketones (excluding diaryl/α,β-unsaturated/α-hetero) is 1. The van der Waals surface area contributed by atoms with Gasteiger partial charge in [0, 0.05) is 11.8 Å². The van der Waals surface area contributed by atoms with Gasteiger partial charge in [0.1, 0.15) is 23.0 Å². The number of ether oxygens (including phenoxy) is 3. The normalized spacial score (nSPS) is 16.5. The monoisotopic (exact) mass is 503 g/mol. The Morgan fingerprint density at radius 2 is 1.70 bits per heavy atom. The minimum absolute atomic E-state index is 0.0808. The van der Waals surface area contributed by atoms with Gasteiger partial charge < -0.3 is 24.4 Å². The quantitative estimate of drug-likeness (QED) is 0.213. The van der Waals surface area contributed by atoms with Gasteiger partial charge in [0.2, 0.25) is 0 Å². The molecule has 9 heteroatoms. The van der Waals surface area contributed by atoms with Gasteiger partial charge in [0.05, 0.1) is 43.6 Å². The molecule has 9 nitrogen and oxygen atoms in total. The number of esters is 1. The van der Waals surface area contributed by atoms with E-state index in [1.165, 1.54) is 61.6 Å². The molecule has 0 aromatic heterocycles. The number of carbonyl (C=O) groups excluding carboxylic acids is 3. The number of rotatable bonds is 7. The van der Waals surface area contributed by atoms with Crippen LogP contribution in [0.25, 0.3) is 5.76 Å². The molecule has 4 rings (SSSR count). The van der Waals surface area contributed by atoms with Gasteiger partial charge in [-0.1, -0.05) is 12.1 Å². The van der Waals surface area contributed by atoms with E-state index in [9.17, 15) is 24.6 Å². The first kappa shape index (κ1) is 25.3. The lowest BCUT2D eigenvalue weighted by Gasteiger charge is -2.26. The molecule has 3 aromatic carbocycles. The molecule has 1 unspecified atom stereocenters. The van der Waals surface area contributed by atoms with Crippen molar-refractivity contribution < 1.29 is 38.8 Å². The number of carbonyl (C=O) groups is 3. The van der Waals surface area contributed by atoms with Crippen LogP contribution in [-0.2, 0) is 14.3 Å². The van der Waals surface area contributed by atoms with E-state index in [1.807, 2.05) is 0 Å². The van der Waals surface area contributed by atoms with E-state index in [4.69, 9.17) is 14.2 Å². The maximum atomic E-state index is 13.3. The fourth-order valence-electron chi connectivity index (χ4n) is 4.22. The lowest BCUT2D eigenvalue weighted by atomic mass is 9.94. The van der Waals surface area contributed by atoms with E-state index >= 15 is 0 Å². The summed E-state index contributed by atoms with van der Waals surface area (Å²) >= 11 is 0. The van der Waals surface area contributed by atoms with Gasteiger partial charge in [0.15, 0.2) is 0 Å². The van der Waals surface area contributed by atoms with Crippen molar-refractivity contribution in [1.82, 2.24) is 0 Å². The largest absolute Gasteiger partial charge is 0.508 e. The zero-order valence-corrected chi connectivity index (χ0v) is 20.4. The molecule has 37 heavy (non-hydrogen) atoms. The lowest BCUT2D eigenvalue weighted by molar-refractivity contribution is -0.132. The van der Waals surface area contributed by atoms with E-state index < -0.39 is 29.5 Å². The number of hydrogen-bond donors (Lipinski definition) is 2. The number of phenolic OH excluding ortho intramolecular Hbond substituents is 1. The number of amides is 1. The van der Waals surface area contributed by atoms with Crippen molar-refractivity contribution >= 4 is 29.1 Å². The van der Waals surface area contributed by atoms with Crippen LogP contribution in [-0.4, -0.2) is 48.7 Å². The van der Waals surface area contributed by atoms with Crippen LogP contribution in [0.2, 0.25) is 0 Å². The Labute approximate surface area is 213 Å². The van der Waals surface area contributed by atoms with Crippen molar-refractivity contribution in [1.29, 1.82) is 0 Å². The Balaban J connectivity index is 1.90. The number of anilines is 1. The molecule has 3 aromatic rings. The zero-order valence-electron chi connectivity index (χ0n) is 20.4. The van der Waals surface area contributed by atoms with Gasteiger partial charge in [-0.05, 0) is 61.0 Å². The molecule has 1 saturated heterocycles. The predicted molar refractivity (Wildman–Crippen MR) is 135 cm³/mol. The van der Waals surface area contributed by atoms with E-state index in [-0.39, 0.29) is 34.8 Å². The summed E-state index contributed by atoms with van der Waals surface area (Å²) in [6.45, 7) is 1.90. The highest BCUT2D eigenvalue weighted by Crippen LogP contribution is 2.44. The van der Waals surface area contributed by atoms with Crippen LogP contribution < -0.4 is 14.4 Å². The molecule has 0 saturated carbocycles. The number of hydrogen-bond acceptors (Lipinski definition) is 8. The average molecular weight is 504 g/mol. The van der Waals surface area contributed by atoms with Crippen molar-refractivity contribution in [3.05, 3.63) is 89.0 Å². The van der Waals surface area contributed by atoms with Crippen molar-refractivity contribution in [2.24, 2.45) is 0 Å². The predicted octanol–water partition coefficient (Wildman–Crippen LogP) is 4.21. The lowest BCUT2D eigenvalue weighted by Crippen LogP contribution is -2.29. The van der Waals surface area contributed by atoms with Crippen LogP contribution in [0.15, 0.2) is 72.3 Å². The smallest absolute Gasteiger partial charge is 0.338 e. The SMILES string of the molecule is CCOC(=O)c1ccc(N2C(=O)C(=O)/C(=C(\O)c3ccc(OC)cc3OC)C2c2cccc(O)c2)cc1. The molecule has 190 valence electrons. The first-order chi connectivity index (χ1) is 17.8. The summed E-state index contributed by atoms with van der Waals surface area (Å²) in [4.78, 5) is 40.0. The first-order valence-corrected chi connectivity index (χ1v) is 11.4. The van der Waals surface area contributed by atoms with E-state index in [1.54, 1.807) is 31.2 Å². The molecule has 0 spiro atoms. The van der Waals surface area contributed by atoms with E-state index in [0.717, 1.165) is 0 Å². The van der Waals surface area contributed by atoms with Gasteiger partial charge in [0.25, 0.3) is 11.7 Å². The van der Waals surface area contributed by atoms with Crippen molar-refractivity contribution in [3.63, 3.8) is 0 Å². The molecular formula is C28H25NO8. The maximum absolute atomic E-state index is 13.3. The van der Waals surface area contributed by atoms with Gasteiger partial charge in [-0.3, -0.25) is 14.5 Å². The summed E-state index contributed by atoms with van der Waals surface area (Å²) in [6, 6.07) is 15.6. The van der Waals surface area contributed by atoms with Gasteiger partial charge in [-0.25, -0.2) is 4.79 Å². The Bertz CT molecular complexity index is 1390. The fraction of sp³-hybridized carbons (Fsp3) is 0.179. The number of nitrogens with zero attached hydrogens (tertiary/aromatic N) is 1. The number of benzene rings is 3. The number of aliphatic hydroxyl groups excluding tert-OH is 1. The minimum Gasteiger partial charge on any atom is -0.508 e. The second-order valence-corrected chi connectivity index (χ2v) is 8.10. The summed E-state index contributed by atoms with van der Waals surface area (Å²) in [5.41, 5.74) is 0.976. The van der Waals surface area contributed by atoms with Crippen LogP contribution in [0.4, 0.5) is 5.69 Å². The second-order valence-electron chi connectivity index (χ2n) is 8.10. The second kappa shape index (κ2) is 10.4. The molecule has 1 fully saturated rings. The molecule has 0 aliphatic carbocycles. The van der Waals surface area contributed by atoms with Gasteiger partial charge >= 0.3 is 5.97 Å². The van der Waals surface area contributed by atoms with E-state index in [0.29, 0.717) is 17.0 Å². The summed E-state index contributed by atoms with van der Waals surface area (Å²) in [5.74, 6) is -2.15. The van der Waals surface area contributed by atoms with Crippen molar-refractivity contribution in [3.8, 4) is 17.2 Å². The highest BCUT2D eigenvalue weighted by molar-refractivity contribution is 6.51. The third kappa shape index (κ3) is 4.71. The van der Waals surface area contributed by atoms with Crippen LogP contribution in [0.5, 0.6) is 17.2 Å². The number of aromatic hydroxyl groups is 1. The highest BCUT2D eigenvalue weighted by atomic mass is 16.5. The summed E-state index contributed by atoms with van der Waals surface area (Å²) in [6.07, 6.45) is 0. The zero-order chi connectivity index (χ0) is 26.7. The molecule has 1 aliphatic heterocycles. The van der Waals surface area contributed by atoms with Crippen LogP contribution in [0.1, 0.15) is 34.5 Å². The third-order valence-electron chi connectivity index (χ3n) is 5.95. The van der Waals surface area contributed by atoms with Crippen molar-refractivity contribution in [2.75, 3.05) is 25.7 Å². The first-order valence-electron chi connectivity index (χ1n) is 11.4. The summed E-state index contributed by atoms with van der Waals surface area (Å²) in [5, 5.41) is 21.5. The summed E-state index contributed by atoms with van der Waals surface area (Å²) < 4.78 is 15.6. The fourth-order valence-corrected chi connectivity index (χ4v) is 4.22. The maximum Gasteiger partial charge on any atom is 0.338 e. The molecule has 0 bridgehead atoms. The van der Waals surface area contributed by atoms with Crippen LogP contribution in [0.3, 0.4) is 0 Å². The Morgan fingerprint density at radius 1 is 0.973 bits per heavy atom. The average Bonchev–Trinajstić information content (AvgIpc) is 3.18. The summed E-state index contributed by atoms with van der Waals surface area (Å²) in [7, 11) is 2.89. The molecular weight excluding hydrogens is 478 g/mol. The highest BCUT2D eigenvalue weighted by Gasteiger charge is 2.47. The van der Waals surface area contributed by atoms with Gasteiger partial charge in [-0.15, -0.1) is 0 Å². The van der Waals surface area contributed by atoms with E-state index in [2.05, 4.69) is 0 Å². The number of aliphatic hydroxyl groups is 1. The van der Waals surface area contributed by atoms with Crippen LogP contribution in [0, 0.1) is 0 Å². The number of methoxy groups -OCH3 is 2. The molecule has 0 radical (unpaired) electrons. The van der Waals surface area contributed by atoms with Crippen molar-refractivity contribution in [2.45, 2.75) is 13.0 Å². The molecule has 1 amide bonds. The molecule has 1 heterocycles. The van der Waals surface area contributed by atoms with Gasteiger partial charge in [-0.2, -0.15) is 0 Å². The van der Waals surface area contributed by atoms with Crippen LogP contribution >= 0.6 is 0 Å². The minimum atomic E-state index is -1.08.